The summed E-state index contributed by atoms with van der Waals surface area (Å²) in [5.74, 6) is 1.48. The Hall–Kier alpha value is -2.33. The van der Waals surface area contributed by atoms with Gasteiger partial charge >= 0.3 is 11.7 Å². The number of ether oxygens (including phenoxy) is 1. The van der Waals surface area contributed by atoms with Gasteiger partial charge in [0.05, 0.1) is 17.6 Å². The van der Waals surface area contributed by atoms with E-state index in [0.717, 1.165) is 60.4 Å². The number of hydrogen-bond acceptors (Lipinski definition) is 8. The lowest BCUT2D eigenvalue weighted by Crippen LogP contribution is -2.29. The second-order valence-corrected chi connectivity index (χ2v) is 12.2. The highest BCUT2D eigenvalue weighted by Crippen LogP contribution is 2.39. The molecule has 0 amide bonds. The van der Waals surface area contributed by atoms with Crippen LogP contribution in [-0.2, 0) is 16.1 Å². The molecule has 1 aromatic rings. The van der Waals surface area contributed by atoms with Crippen LogP contribution in [0.15, 0.2) is 21.7 Å². The Morgan fingerprint density at radius 1 is 1.08 bits per heavy atom. The van der Waals surface area contributed by atoms with Gasteiger partial charge in [0.2, 0.25) is 0 Å². The van der Waals surface area contributed by atoms with Gasteiger partial charge in [0, 0.05) is 24.0 Å². The Labute approximate surface area is 218 Å². The fourth-order valence-electron chi connectivity index (χ4n) is 4.47. The largest absolute Gasteiger partial charge is 0.466 e. The van der Waals surface area contributed by atoms with E-state index >= 15 is 0 Å². The molecule has 0 saturated carbocycles. The van der Waals surface area contributed by atoms with E-state index in [1.54, 1.807) is 0 Å². The lowest BCUT2D eigenvalue weighted by atomic mass is 10.1. The molecule has 1 saturated heterocycles. The van der Waals surface area contributed by atoms with Gasteiger partial charge in [-0.25, -0.2) is 9.78 Å². The summed E-state index contributed by atoms with van der Waals surface area (Å²) in [6.45, 7) is 5.11. The van der Waals surface area contributed by atoms with Gasteiger partial charge in [0.25, 0.3) is 5.56 Å². The lowest BCUT2D eigenvalue weighted by molar-refractivity contribution is -0.143. The quantitative estimate of drug-likeness (QED) is 0.151. The highest BCUT2D eigenvalue weighted by Gasteiger charge is 2.19. The molecule has 0 radical (unpaired) electrons. The van der Waals surface area contributed by atoms with Crippen molar-refractivity contribution in [2.24, 2.45) is 0 Å². The molecule has 3 aliphatic heterocycles. The summed E-state index contributed by atoms with van der Waals surface area (Å²) in [5.41, 5.74) is 2.78. The van der Waals surface area contributed by atoms with Crippen molar-refractivity contribution < 1.29 is 9.53 Å². The molecular formula is C26H34N4O4S2. The smallest absolute Gasteiger partial charge is 0.349 e. The number of carbonyl (C=O) groups is 1. The molecule has 194 valence electrons. The molecule has 1 atom stereocenters. The summed E-state index contributed by atoms with van der Waals surface area (Å²) < 4.78 is 7.33. The first-order valence-electron chi connectivity index (χ1n) is 12.8. The second-order valence-electron chi connectivity index (χ2n) is 9.44. The van der Waals surface area contributed by atoms with E-state index in [1.807, 2.05) is 52.1 Å². The molecule has 36 heavy (non-hydrogen) atoms. The minimum Gasteiger partial charge on any atom is -0.466 e. The Bertz CT molecular complexity index is 1280. The summed E-state index contributed by atoms with van der Waals surface area (Å²) in [4.78, 5) is 47.0. The third kappa shape index (κ3) is 6.91. The summed E-state index contributed by atoms with van der Waals surface area (Å²) in [7, 11) is 3.95. The first-order valence-corrected chi connectivity index (χ1v) is 15.2. The monoisotopic (exact) mass is 530 g/mol. The number of benzene rings is 1. The van der Waals surface area contributed by atoms with Crippen LogP contribution in [0.25, 0.3) is 22.6 Å². The average molecular weight is 531 g/mol. The first kappa shape index (κ1) is 26.7. The summed E-state index contributed by atoms with van der Waals surface area (Å²) >= 11 is 0. The van der Waals surface area contributed by atoms with Gasteiger partial charge in [-0.2, -0.15) is 4.98 Å². The molecule has 3 aliphatic rings. The lowest BCUT2D eigenvalue weighted by Gasteiger charge is -2.17. The number of rotatable bonds is 12. The van der Waals surface area contributed by atoms with Crippen LogP contribution in [-0.4, -0.2) is 43.1 Å². The third-order valence-electron chi connectivity index (χ3n) is 6.65. The van der Waals surface area contributed by atoms with Gasteiger partial charge in [-0.15, -0.1) is 0 Å². The van der Waals surface area contributed by atoms with Gasteiger partial charge in [-0.1, -0.05) is 34.4 Å². The van der Waals surface area contributed by atoms with Crippen molar-refractivity contribution in [2.45, 2.75) is 83.4 Å². The molecule has 1 unspecified atom stereocenters. The number of aryl methyl sites for hydroxylation is 3. The number of aromatic amines is 1. The normalized spacial score (nSPS) is 15.7. The van der Waals surface area contributed by atoms with Crippen molar-refractivity contribution in [3.05, 3.63) is 44.1 Å². The SMILES string of the molecule is Cc1cc2nc3c(=O)[nH]c(=O)nc-3n(CCCCCCOC(=O)CCCCC3CCSS3)c2cc1C. The van der Waals surface area contributed by atoms with E-state index in [4.69, 9.17) is 4.74 Å². The first-order chi connectivity index (χ1) is 17.4. The highest BCUT2D eigenvalue weighted by molar-refractivity contribution is 8.77. The molecule has 0 bridgehead atoms. The van der Waals surface area contributed by atoms with Crippen LogP contribution >= 0.6 is 21.6 Å². The van der Waals surface area contributed by atoms with Gasteiger partial charge in [-0.3, -0.25) is 14.6 Å². The number of aromatic nitrogens is 4. The summed E-state index contributed by atoms with van der Waals surface area (Å²) in [6.07, 6.45) is 8.55. The fourth-order valence-corrected chi connectivity index (χ4v) is 7.49. The van der Waals surface area contributed by atoms with Crippen molar-refractivity contribution in [3.8, 4) is 11.5 Å². The molecule has 0 aromatic heterocycles. The van der Waals surface area contributed by atoms with Crippen LogP contribution in [0.1, 0.15) is 68.9 Å². The van der Waals surface area contributed by atoms with Gasteiger partial charge < -0.3 is 9.30 Å². The van der Waals surface area contributed by atoms with Crippen LogP contribution in [0, 0.1) is 13.8 Å². The van der Waals surface area contributed by atoms with E-state index in [9.17, 15) is 14.4 Å². The standard InChI is InChI=1S/C26H34N4O4S2/c1-17-15-20-21(16-18(17)2)30(24-23(27-20)25(32)29-26(33)28-24)12-7-3-4-8-13-34-22(31)10-6-5-9-19-11-14-35-36-19/h15-16,19H,3-14H2,1-2H3,(H,29,32,33). The highest BCUT2D eigenvalue weighted by atomic mass is 33.1. The molecule has 4 rings (SSSR count). The molecule has 1 aromatic carbocycles. The van der Waals surface area contributed by atoms with Gasteiger partial charge in [-0.05, 0) is 75.6 Å². The number of nitrogens with zero attached hydrogens (tertiary/aromatic N) is 3. The zero-order chi connectivity index (χ0) is 25.5. The predicted octanol–water partition coefficient (Wildman–Crippen LogP) is 5.02. The van der Waals surface area contributed by atoms with Crippen molar-refractivity contribution in [3.63, 3.8) is 0 Å². The molecule has 0 aliphatic carbocycles. The Morgan fingerprint density at radius 3 is 2.69 bits per heavy atom. The topological polar surface area (TPSA) is 107 Å². The van der Waals surface area contributed by atoms with Gasteiger partial charge in [0.1, 0.15) is 0 Å². The number of fused-ring (bicyclic) bond motifs is 2. The van der Waals surface area contributed by atoms with Crippen molar-refractivity contribution >= 4 is 38.6 Å². The van der Waals surface area contributed by atoms with E-state index < -0.39 is 11.2 Å². The second kappa shape index (κ2) is 12.8. The Balaban J connectivity index is 1.24. The molecule has 10 heteroatoms. The number of nitrogens with one attached hydrogen (secondary N) is 1. The summed E-state index contributed by atoms with van der Waals surface area (Å²) in [5, 5.41) is 0.763. The molecular weight excluding hydrogens is 496 g/mol. The number of carbonyl (C=O) groups excluding carboxylic acids is 1. The number of H-pyrrole nitrogens is 1. The van der Waals surface area contributed by atoms with Gasteiger partial charge in [0.15, 0.2) is 11.5 Å². The molecule has 3 heterocycles. The molecule has 0 spiro atoms. The van der Waals surface area contributed by atoms with Crippen molar-refractivity contribution in [1.29, 1.82) is 0 Å². The van der Waals surface area contributed by atoms with Crippen LogP contribution in [0.3, 0.4) is 0 Å². The average Bonchev–Trinajstić information content (AvgIpc) is 3.36. The van der Waals surface area contributed by atoms with Crippen LogP contribution < -0.4 is 11.2 Å². The molecule has 1 N–H and O–H groups in total. The van der Waals surface area contributed by atoms with E-state index in [2.05, 4.69) is 15.0 Å². The number of esters is 1. The minimum atomic E-state index is -0.663. The van der Waals surface area contributed by atoms with Crippen LogP contribution in [0.4, 0.5) is 0 Å². The maximum absolute atomic E-state index is 12.4. The molecule has 1 fully saturated rings. The molecule has 8 nitrogen and oxygen atoms in total. The third-order valence-corrected chi connectivity index (χ3v) is 9.65. The number of hydrogen-bond donors (Lipinski definition) is 1. The van der Waals surface area contributed by atoms with Crippen molar-refractivity contribution in [1.82, 2.24) is 19.5 Å². The van der Waals surface area contributed by atoms with Crippen LogP contribution in [0.2, 0.25) is 0 Å². The zero-order valence-corrected chi connectivity index (χ0v) is 22.6. The predicted molar refractivity (Wildman–Crippen MR) is 147 cm³/mol. The van der Waals surface area contributed by atoms with E-state index in [1.165, 1.54) is 18.6 Å². The maximum Gasteiger partial charge on any atom is 0.349 e. The number of unbranched alkanes of at least 4 members (excludes halogenated alkanes) is 4. The fraction of sp³-hybridized carbons (Fsp3) is 0.577. The Kier molecular flexibility index (Phi) is 9.47. The summed E-state index contributed by atoms with van der Waals surface area (Å²) in [6, 6.07) is 4.00. The Morgan fingerprint density at radius 2 is 1.89 bits per heavy atom. The maximum atomic E-state index is 12.4. The minimum absolute atomic E-state index is 0.0934. The zero-order valence-electron chi connectivity index (χ0n) is 21.0. The van der Waals surface area contributed by atoms with Crippen LogP contribution in [0.5, 0.6) is 0 Å². The van der Waals surface area contributed by atoms with E-state index in [0.29, 0.717) is 30.9 Å². The van der Waals surface area contributed by atoms with Crippen molar-refractivity contribution in [2.75, 3.05) is 12.4 Å². The van der Waals surface area contributed by atoms with E-state index in [-0.39, 0.29) is 11.7 Å².